The summed E-state index contributed by atoms with van der Waals surface area (Å²) in [6.45, 7) is 0.653. The van der Waals surface area contributed by atoms with Crippen LogP contribution < -0.4 is 10.9 Å². The third kappa shape index (κ3) is 2.79. The maximum atomic E-state index is 11.8. The minimum absolute atomic E-state index is 0.168. The number of nitrogens with two attached hydrogens (primary N) is 2. The van der Waals surface area contributed by atoms with E-state index in [4.69, 9.17) is 10.9 Å². The zero-order valence-electron chi connectivity index (χ0n) is 12.3. The van der Waals surface area contributed by atoms with Crippen molar-refractivity contribution >= 4 is 10.0 Å². The Kier molecular flexibility index (Phi) is 4.04. The lowest BCUT2D eigenvalue weighted by Crippen LogP contribution is -2.18. The van der Waals surface area contributed by atoms with E-state index >= 15 is 0 Å². The van der Waals surface area contributed by atoms with Gasteiger partial charge in [-0.25, -0.2) is 13.6 Å². The minimum atomic E-state index is -3.74. The number of aryl methyl sites for hydroxylation is 1. The average Bonchev–Trinajstić information content (AvgIpc) is 2.53. The summed E-state index contributed by atoms with van der Waals surface area (Å²) in [5.41, 5.74) is 9.96. The second kappa shape index (κ2) is 5.83. The highest BCUT2D eigenvalue weighted by Gasteiger charge is 2.21. The summed E-state index contributed by atoms with van der Waals surface area (Å²) >= 11 is 0. The maximum absolute atomic E-state index is 11.8. The van der Waals surface area contributed by atoms with Gasteiger partial charge >= 0.3 is 0 Å². The number of rotatable bonds is 3. The van der Waals surface area contributed by atoms with Gasteiger partial charge in [0.25, 0.3) is 0 Å². The first kappa shape index (κ1) is 15.2. The lowest BCUT2D eigenvalue weighted by atomic mass is 9.81. The summed E-state index contributed by atoms with van der Waals surface area (Å²) in [6, 6.07) is 13.0. The summed E-state index contributed by atoms with van der Waals surface area (Å²) in [7, 11) is -3.74. The van der Waals surface area contributed by atoms with Gasteiger partial charge in [-0.15, -0.1) is 0 Å². The van der Waals surface area contributed by atoms with E-state index in [9.17, 15) is 8.42 Å². The van der Waals surface area contributed by atoms with Crippen LogP contribution in [0.4, 0.5) is 0 Å². The third-order valence-corrected chi connectivity index (χ3v) is 5.34. The molecule has 0 aromatic heterocycles. The largest absolute Gasteiger partial charge is 0.330 e. The van der Waals surface area contributed by atoms with E-state index in [0.717, 1.165) is 24.8 Å². The van der Waals surface area contributed by atoms with Crippen molar-refractivity contribution in [1.29, 1.82) is 0 Å². The molecule has 22 heavy (non-hydrogen) atoms. The first-order valence-corrected chi connectivity index (χ1v) is 9.00. The number of benzene rings is 2. The molecule has 4 nitrogen and oxygen atoms in total. The highest BCUT2D eigenvalue weighted by Crippen LogP contribution is 2.35. The van der Waals surface area contributed by atoms with Crippen LogP contribution in [0.25, 0.3) is 11.1 Å². The van der Waals surface area contributed by atoms with Crippen LogP contribution in [-0.2, 0) is 16.4 Å². The van der Waals surface area contributed by atoms with Gasteiger partial charge in [-0.1, -0.05) is 36.4 Å². The fraction of sp³-hybridized carbons (Fsp3) is 0.294. The lowest BCUT2D eigenvalue weighted by Gasteiger charge is -2.25. The molecule has 1 aliphatic carbocycles. The van der Waals surface area contributed by atoms with Crippen LogP contribution in [0.5, 0.6) is 0 Å². The first-order valence-electron chi connectivity index (χ1n) is 7.46. The summed E-state index contributed by atoms with van der Waals surface area (Å²) in [5, 5.41) is 5.33. The molecule has 1 aliphatic rings. The monoisotopic (exact) mass is 316 g/mol. The number of primary sulfonamides is 1. The Bertz CT molecular complexity index is 800. The molecule has 2 aromatic rings. The molecule has 1 atom stereocenters. The molecule has 1 unspecified atom stereocenters. The second-order valence-electron chi connectivity index (χ2n) is 5.78. The Morgan fingerprint density at radius 2 is 1.91 bits per heavy atom. The van der Waals surface area contributed by atoms with Gasteiger partial charge in [0.15, 0.2) is 0 Å². The molecule has 0 saturated carbocycles. The number of sulfonamides is 1. The quantitative estimate of drug-likeness (QED) is 0.911. The highest BCUT2D eigenvalue weighted by atomic mass is 32.2. The van der Waals surface area contributed by atoms with Crippen molar-refractivity contribution in [3.05, 3.63) is 53.6 Å². The fourth-order valence-corrected chi connectivity index (χ4v) is 4.04. The van der Waals surface area contributed by atoms with E-state index in [1.165, 1.54) is 11.1 Å². The average molecular weight is 316 g/mol. The van der Waals surface area contributed by atoms with Gasteiger partial charge in [0.1, 0.15) is 0 Å². The first-order chi connectivity index (χ1) is 10.5. The smallest absolute Gasteiger partial charge is 0.238 e. The standard InChI is InChI=1S/C17H20N2O2S/c18-11-14-5-3-4-12-10-13(8-9-15(12)14)16-6-1-2-7-17(16)22(19,20)21/h1-2,6-10,14H,3-5,11,18H2,(H2,19,20,21). The van der Waals surface area contributed by atoms with Gasteiger partial charge in [-0.05, 0) is 54.5 Å². The Morgan fingerprint density at radius 3 is 2.64 bits per heavy atom. The molecule has 0 bridgehead atoms. The van der Waals surface area contributed by atoms with E-state index < -0.39 is 10.0 Å². The van der Waals surface area contributed by atoms with Crippen molar-refractivity contribution in [1.82, 2.24) is 0 Å². The molecule has 4 N–H and O–H groups in total. The summed E-state index contributed by atoms with van der Waals surface area (Å²) in [4.78, 5) is 0.168. The topological polar surface area (TPSA) is 86.2 Å². The number of fused-ring (bicyclic) bond motifs is 1. The Morgan fingerprint density at radius 1 is 1.14 bits per heavy atom. The normalized spacial score (nSPS) is 18.0. The van der Waals surface area contributed by atoms with Gasteiger partial charge in [0.05, 0.1) is 4.90 Å². The fourth-order valence-electron chi connectivity index (χ4n) is 3.28. The molecule has 0 radical (unpaired) electrons. The van der Waals surface area contributed by atoms with Crippen molar-refractivity contribution in [3.8, 4) is 11.1 Å². The molecule has 0 spiro atoms. The Labute approximate surface area is 131 Å². The van der Waals surface area contributed by atoms with E-state index in [0.29, 0.717) is 18.0 Å². The summed E-state index contributed by atoms with van der Waals surface area (Å²) in [6.07, 6.45) is 3.25. The molecule has 116 valence electrons. The Hall–Kier alpha value is -1.69. The molecule has 2 aromatic carbocycles. The predicted octanol–water partition coefficient (Wildman–Crippen LogP) is 2.38. The zero-order chi connectivity index (χ0) is 15.7. The van der Waals surface area contributed by atoms with E-state index in [1.54, 1.807) is 18.2 Å². The van der Waals surface area contributed by atoms with Gasteiger partial charge in [-0.3, -0.25) is 0 Å². The van der Waals surface area contributed by atoms with E-state index in [2.05, 4.69) is 12.1 Å². The Balaban J connectivity index is 2.12. The lowest BCUT2D eigenvalue weighted by molar-refractivity contribution is 0.561. The van der Waals surface area contributed by atoms with E-state index in [1.807, 2.05) is 12.1 Å². The van der Waals surface area contributed by atoms with Crippen molar-refractivity contribution in [3.63, 3.8) is 0 Å². The molecule has 0 saturated heterocycles. The van der Waals surface area contributed by atoms with Gasteiger partial charge in [0.2, 0.25) is 10.0 Å². The molecular weight excluding hydrogens is 296 g/mol. The van der Waals surface area contributed by atoms with Crippen molar-refractivity contribution in [2.24, 2.45) is 10.9 Å². The highest BCUT2D eigenvalue weighted by molar-refractivity contribution is 7.89. The van der Waals surface area contributed by atoms with Crippen LogP contribution in [0.3, 0.4) is 0 Å². The molecule has 0 fully saturated rings. The predicted molar refractivity (Wildman–Crippen MR) is 88.0 cm³/mol. The molecule has 3 rings (SSSR count). The summed E-state index contributed by atoms with van der Waals surface area (Å²) < 4.78 is 23.6. The van der Waals surface area contributed by atoms with Crippen LogP contribution in [-0.4, -0.2) is 15.0 Å². The number of hydrogen-bond donors (Lipinski definition) is 2. The van der Waals surface area contributed by atoms with Crippen LogP contribution in [0.2, 0.25) is 0 Å². The van der Waals surface area contributed by atoms with Crippen molar-refractivity contribution in [2.45, 2.75) is 30.1 Å². The SMILES string of the molecule is NCC1CCCc2cc(-c3ccccc3S(N)(=O)=O)ccc21. The molecular formula is C17H20N2O2S. The van der Waals surface area contributed by atoms with Crippen LogP contribution in [0, 0.1) is 0 Å². The molecule has 0 heterocycles. The van der Waals surface area contributed by atoms with E-state index in [-0.39, 0.29) is 4.90 Å². The molecule has 0 amide bonds. The van der Waals surface area contributed by atoms with Crippen LogP contribution in [0.1, 0.15) is 29.9 Å². The van der Waals surface area contributed by atoms with Gasteiger partial charge in [0, 0.05) is 5.56 Å². The second-order valence-corrected chi connectivity index (χ2v) is 7.31. The number of hydrogen-bond acceptors (Lipinski definition) is 3. The molecule has 0 aliphatic heterocycles. The molecule has 5 heteroatoms. The van der Waals surface area contributed by atoms with Gasteiger partial charge in [-0.2, -0.15) is 0 Å². The van der Waals surface area contributed by atoms with Gasteiger partial charge < -0.3 is 5.73 Å². The third-order valence-electron chi connectivity index (χ3n) is 4.37. The van der Waals surface area contributed by atoms with Crippen LogP contribution >= 0.6 is 0 Å². The summed E-state index contributed by atoms with van der Waals surface area (Å²) in [5.74, 6) is 0.409. The van der Waals surface area contributed by atoms with Crippen LogP contribution in [0.15, 0.2) is 47.4 Å². The minimum Gasteiger partial charge on any atom is -0.330 e. The zero-order valence-corrected chi connectivity index (χ0v) is 13.1. The maximum Gasteiger partial charge on any atom is 0.238 e. The van der Waals surface area contributed by atoms with Crippen molar-refractivity contribution in [2.75, 3.05) is 6.54 Å². The van der Waals surface area contributed by atoms with Crippen molar-refractivity contribution < 1.29 is 8.42 Å².